The third-order valence-corrected chi connectivity index (χ3v) is 6.18. The second-order valence-corrected chi connectivity index (χ2v) is 7.47. The van der Waals surface area contributed by atoms with Crippen molar-refractivity contribution in [2.45, 2.75) is 0 Å². The van der Waals surface area contributed by atoms with Crippen molar-refractivity contribution in [2.75, 3.05) is 0 Å². The van der Waals surface area contributed by atoms with Crippen LogP contribution < -0.4 is 11.5 Å². The van der Waals surface area contributed by atoms with E-state index in [0.717, 1.165) is 0 Å². The van der Waals surface area contributed by atoms with Gasteiger partial charge in [0.05, 0.1) is 16.8 Å². The average molecular weight is 346 g/mol. The molecular formula is C25H18N2. The zero-order chi connectivity index (χ0) is 18.2. The van der Waals surface area contributed by atoms with Gasteiger partial charge in [0.1, 0.15) is 0 Å². The maximum absolute atomic E-state index is 6.72. The highest BCUT2D eigenvalue weighted by atomic mass is 14.7. The third kappa shape index (κ3) is 1.65. The summed E-state index contributed by atoms with van der Waals surface area (Å²) in [5.74, 6) is 0. The maximum Gasteiger partial charge on any atom is 0.0813 e. The Kier molecular flexibility index (Phi) is 2.60. The summed E-state index contributed by atoms with van der Waals surface area (Å²) in [5.41, 5.74) is 23.8. The van der Waals surface area contributed by atoms with Crippen LogP contribution in [0.25, 0.3) is 23.3 Å². The molecule has 0 aromatic heterocycles. The lowest BCUT2D eigenvalue weighted by Gasteiger charge is -2.40. The minimum atomic E-state index is -0.518. The van der Waals surface area contributed by atoms with Crippen LogP contribution in [0, 0.1) is 5.41 Å². The summed E-state index contributed by atoms with van der Waals surface area (Å²) in [6.45, 7) is 0. The van der Waals surface area contributed by atoms with Gasteiger partial charge in [0.2, 0.25) is 0 Å². The normalized spacial score (nSPS) is 23.9. The summed E-state index contributed by atoms with van der Waals surface area (Å²) in [6.07, 6.45) is 13.1. The SMILES string of the molecule is NC1=C(N)C2(C=CC=C3C2=Cc2ccccc23)C2=Cc3ccccc3C2=C1. The molecule has 2 aromatic carbocycles. The van der Waals surface area contributed by atoms with Gasteiger partial charge in [-0.25, -0.2) is 0 Å². The Balaban J connectivity index is 1.66. The number of allylic oxidation sites excluding steroid dienone is 6. The minimum absolute atomic E-state index is 0.518. The third-order valence-electron chi connectivity index (χ3n) is 6.18. The van der Waals surface area contributed by atoms with Crippen LogP contribution in [-0.4, -0.2) is 0 Å². The van der Waals surface area contributed by atoms with E-state index in [4.69, 9.17) is 11.5 Å². The molecule has 27 heavy (non-hydrogen) atoms. The fraction of sp³-hybridized carbons (Fsp3) is 0.0400. The van der Waals surface area contributed by atoms with Crippen molar-refractivity contribution in [3.63, 3.8) is 0 Å². The molecule has 0 saturated carbocycles. The highest BCUT2D eigenvalue weighted by Gasteiger charge is 2.48. The zero-order valence-electron chi connectivity index (χ0n) is 14.7. The lowest BCUT2D eigenvalue weighted by atomic mass is 9.63. The lowest BCUT2D eigenvalue weighted by Crippen LogP contribution is -2.36. The van der Waals surface area contributed by atoms with Crippen molar-refractivity contribution < 1.29 is 0 Å². The van der Waals surface area contributed by atoms with Gasteiger partial charge in [0.15, 0.2) is 0 Å². The predicted octanol–water partition coefficient (Wildman–Crippen LogP) is 4.65. The van der Waals surface area contributed by atoms with E-state index >= 15 is 0 Å². The van der Waals surface area contributed by atoms with E-state index in [-0.39, 0.29) is 0 Å². The first kappa shape index (κ1) is 14.6. The molecule has 4 aliphatic rings. The highest BCUT2D eigenvalue weighted by Crippen LogP contribution is 2.60. The summed E-state index contributed by atoms with van der Waals surface area (Å²) < 4.78 is 0. The molecule has 1 atom stereocenters. The summed E-state index contributed by atoms with van der Waals surface area (Å²) in [4.78, 5) is 0. The van der Waals surface area contributed by atoms with Crippen molar-refractivity contribution in [2.24, 2.45) is 16.9 Å². The second-order valence-electron chi connectivity index (χ2n) is 7.47. The van der Waals surface area contributed by atoms with Gasteiger partial charge in [-0.2, -0.15) is 0 Å². The topological polar surface area (TPSA) is 52.0 Å². The van der Waals surface area contributed by atoms with Crippen LogP contribution in [0.2, 0.25) is 0 Å². The van der Waals surface area contributed by atoms with Gasteiger partial charge >= 0.3 is 0 Å². The van der Waals surface area contributed by atoms with Crippen LogP contribution in [-0.2, 0) is 0 Å². The Morgan fingerprint density at radius 1 is 0.667 bits per heavy atom. The monoisotopic (exact) mass is 346 g/mol. The summed E-state index contributed by atoms with van der Waals surface area (Å²) in [5, 5.41) is 0. The number of rotatable bonds is 0. The van der Waals surface area contributed by atoms with Crippen molar-refractivity contribution in [3.8, 4) is 0 Å². The Labute approximate surface area is 158 Å². The minimum Gasteiger partial charge on any atom is -0.399 e. The molecule has 4 N–H and O–H groups in total. The first-order valence-electron chi connectivity index (χ1n) is 9.21. The molecule has 6 rings (SSSR count). The largest absolute Gasteiger partial charge is 0.399 e. The molecule has 0 fully saturated rings. The number of nitrogens with two attached hydrogens (primary N) is 2. The molecule has 2 nitrogen and oxygen atoms in total. The number of benzene rings is 2. The van der Waals surface area contributed by atoms with E-state index < -0.39 is 5.41 Å². The van der Waals surface area contributed by atoms with Crippen LogP contribution in [0.3, 0.4) is 0 Å². The molecule has 128 valence electrons. The zero-order valence-corrected chi connectivity index (χ0v) is 14.7. The van der Waals surface area contributed by atoms with Crippen molar-refractivity contribution >= 4 is 23.3 Å². The summed E-state index contributed by atoms with van der Waals surface area (Å²) >= 11 is 0. The van der Waals surface area contributed by atoms with E-state index in [1.165, 1.54) is 44.5 Å². The van der Waals surface area contributed by atoms with Gasteiger partial charge in [-0.15, -0.1) is 0 Å². The molecule has 0 bridgehead atoms. The summed E-state index contributed by atoms with van der Waals surface area (Å²) in [7, 11) is 0. The van der Waals surface area contributed by atoms with Crippen LogP contribution in [0.1, 0.15) is 22.3 Å². The van der Waals surface area contributed by atoms with Gasteiger partial charge in [0, 0.05) is 0 Å². The quantitative estimate of drug-likeness (QED) is 0.730. The molecule has 1 unspecified atom stereocenters. The first-order chi connectivity index (χ1) is 13.2. The van der Waals surface area contributed by atoms with Crippen LogP contribution in [0.15, 0.2) is 95.4 Å². The molecule has 0 heterocycles. The molecule has 0 radical (unpaired) electrons. The highest BCUT2D eigenvalue weighted by molar-refractivity contribution is 6.06. The van der Waals surface area contributed by atoms with Gasteiger partial charge in [-0.3, -0.25) is 0 Å². The van der Waals surface area contributed by atoms with Gasteiger partial charge in [0.25, 0.3) is 0 Å². The lowest BCUT2D eigenvalue weighted by molar-refractivity contribution is 0.674. The number of hydrogen-bond donors (Lipinski definition) is 2. The fourth-order valence-corrected chi connectivity index (χ4v) is 4.93. The van der Waals surface area contributed by atoms with Gasteiger partial charge in [-0.1, -0.05) is 66.8 Å². The Morgan fingerprint density at radius 2 is 1.26 bits per heavy atom. The van der Waals surface area contributed by atoms with Crippen molar-refractivity contribution in [1.29, 1.82) is 0 Å². The molecule has 1 spiro atoms. The molecular weight excluding hydrogens is 328 g/mol. The first-order valence-corrected chi connectivity index (χ1v) is 9.21. The van der Waals surface area contributed by atoms with E-state index in [2.05, 4.69) is 78.9 Å². The maximum atomic E-state index is 6.72. The van der Waals surface area contributed by atoms with Crippen LogP contribution in [0.5, 0.6) is 0 Å². The standard InChI is InChI=1S/C25H18N2/c26-23-14-20-18-9-4-2-7-16(18)13-22(20)25(24(23)27)11-5-10-19-17-8-3-1-6-15(17)12-21(19)25/h1-14H,26-27H2. The van der Waals surface area contributed by atoms with Crippen LogP contribution in [0.4, 0.5) is 0 Å². The predicted molar refractivity (Wildman–Crippen MR) is 112 cm³/mol. The van der Waals surface area contributed by atoms with Crippen molar-refractivity contribution in [1.82, 2.24) is 0 Å². The van der Waals surface area contributed by atoms with Crippen molar-refractivity contribution in [3.05, 3.63) is 118 Å². The molecule has 0 saturated heterocycles. The molecule has 2 heteroatoms. The van der Waals surface area contributed by atoms with E-state index in [1.54, 1.807) is 0 Å². The second kappa shape index (κ2) is 4.80. The van der Waals surface area contributed by atoms with Gasteiger partial charge < -0.3 is 11.5 Å². The molecule has 4 aliphatic carbocycles. The van der Waals surface area contributed by atoms with Gasteiger partial charge in [-0.05, 0) is 62.8 Å². The molecule has 0 amide bonds. The number of hydrogen-bond acceptors (Lipinski definition) is 2. The van der Waals surface area contributed by atoms with E-state index in [1.807, 2.05) is 6.08 Å². The Morgan fingerprint density at radius 3 is 1.96 bits per heavy atom. The van der Waals surface area contributed by atoms with Crippen LogP contribution >= 0.6 is 0 Å². The van der Waals surface area contributed by atoms with E-state index in [9.17, 15) is 0 Å². The Bertz CT molecular complexity index is 1220. The molecule has 0 aliphatic heterocycles. The average Bonchev–Trinajstić information content (AvgIpc) is 3.26. The molecule has 2 aromatic rings. The fourth-order valence-electron chi connectivity index (χ4n) is 4.93. The van der Waals surface area contributed by atoms with E-state index in [0.29, 0.717) is 11.4 Å². The smallest absolute Gasteiger partial charge is 0.0813 e. The Hall–Kier alpha value is -3.52. The summed E-state index contributed by atoms with van der Waals surface area (Å²) in [6, 6.07) is 17.0. The number of fused-ring (bicyclic) bond motifs is 8.